The Morgan fingerprint density at radius 3 is 2.44 bits per heavy atom. The number of aliphatic carboxylic acids is 1. The smallest absolute Gasteiger partial charge is 0.323 e. The second kappa shape index (κ2) is 6.40. The average molecular weight is 250 g/mol. The second-order valence-corrected chi connectivity index (χ2v) is 4.55. The molecule has 1 rings (SSSR count). The van der Waals surface area contributed by atoms with Crippen LogP contribution in [-0.4, -0.2) is 36.8 Å². The average Bonchev–Trinajstić information content (AvgIpc) is 2.40. The number of para-hydroxylation sites is 1. The van der Waals surface area contributed by atoms with Gasteiger partial charge < -0.3 is 15.3 Å². The molecule has 4 heteroatoms. The summed E-state index contributed by atoms with van der Waals surface area (Å²) in [5, 5.41) is 12.1. The van der Waals surface area contributed by atoms with Crippen molar-refractivity contribution in [1.29, 1.82) is 0 Å². The lowest BCUT2D eigenvalue weighted by molar-refractivity contribution is -0.144. The van der Waals surface area contributed by atoms with Crippen molar-refractivity contribution in [3.63, 3.8) is 0 Å². The number of hydrogen-bond acceptors (Lipinski definition) is 3. The van der Waals surface area contributed by atoms with Crippen molar-refractivity contribution in [2.45, 2.75) is 25.8 Å². The Hall–Kier alpha value is -1.55. The van der Waals surface area contributed by atoms with Crippen molar-refractivity contribution in [2.24, 2.45) is 0 Å². The molecule has 0 amide bonds. The predicted octanol–water partition coefficient (Wildman–Crippen LogP) is 1.97. The lowest BCUT2D eigenvalue weighted by Gasteiger charge is -2.29. The van der Waals surface area contributed by atoms with Crippen LogP contribution < -0.4 is 10.2 Å². The summed E-state index contributed by atoms with van der Waals surface area (Å²) in [7, 11) is 1.69. The molecule has 1 atom stereocenters. The van der Waals surface area contributed by atoms with E-state index in [0.29, 0.717) is 13.0 Å². The van der Waals surface area contributed by atoms with E-state index in [1.54, 1.807) is 14.0 Å². The summed E-state index contributed by atoms with van der Waals surface area (Å²) < 4.78 is 0. The van der Waals surface area contributed by atoms with Crippen molar-refractivity contribution < 1.29 is 9.90 Å². The minimum absolute atomic E-state index is 0.557. The first-order valence-electron chi connectivity index (χ1n) is 6.26. The van der Waals surface area contributed by atoms with Crippen molar-refractivity contribution in [1.82, 2.24) is 5.32 Å². The van der Waals surface area contributed by atoms with Gasteiger partial charge in [0.15, 0.2) is 0 Å². The van der Waals surface area contributed by atoms with Crippen LogP contribution in [0.1, 0.15) is 20.3 Å². The molecule has 0 aromatic heterocycles. The molecule has 0 aliphatic heterocycles. The number of rotatable bonds is 7. The summed E-state index contributed by atoms with van der Waals surface area (Å²) in [6.45, 7) is 5.37. The van der Waals surface area contributed by atoms with Crippen LogP contribution in [0.4, 0.5) is 5.69 Å². The lowest BCUT2D eigenvalue weighted by Crippen LogP contribution is -2.49. The first kappa shape index (κ1) is 14.5. The summed E-state index contributed by atoms with van der Waals surface area (Å²) in [5.41, 5.74) is 0.256. The molecule has 4 nitrogen and oxygen atoms in total. The quantitative estimate of drug-likeness (QED) is 0.777. The zero-order chi connectivity index (χ0) is 13.6. The Morgan fingerprint density at radius 1 is 1.39 bits per heavy atom. The highest BCUT2D eigenvalue weighted by molar-refractivity contribution is 5.78. The fourth-order valence-electron chi connectivity index (χ4n) is 1.81. The number of nitrogens with zero attached hydrogens (tertiary/aromatic N) is 1. The van der Waals surface area contributed by atoms with Gasteiger partial charge in [0.05, 0.1) is 0 Å². The topological polar surface area (TPSA) is 52.6 Å². The number of benzene rings is 1. The number of carboxylic acid groups (broad SMARTS) is 1. The van der Waals surface area contributed by atoms with Gasteiger partial charge in [0.1, 0.15) is 5.54 Å². The van der Waals surface area contributed by atoms with Crippen LogP contribution in [0.15, 0.2) is 30.3 Å². The van der Waals surface area contributed by atoms with Gasteiger partial charge in [-0.05, 0) is 39.4 Å². The Balaban J connectivity index is 2.68. The number of hydrogen-bond donors (Lipinski definition) is 2. The minimum atomic E-state index is -0.873. The van der Waals surface area contributed by atoms with Gasteiger partial charge in [-0.2, -0.15) is 0 Å². The van der Waals surface area contributed by atoms with E-state index < -0.39 is 11.5 Å². The van der Waals surface area contributed by atoms with E-state index in [1.165, 1.54) is 0 Å². The molecule has 0 aliphatic carbocycles. The summed E-state index contributed by atoms with van der Waals surface area (Å²) in [6, 6.07) is 10.0. The highest BCUT2D eigenvalue weighted by Gasteiger charge is 2.31. The van der Waals surface area contributed by atoms with E-state index in [9.17, 15) is 9.90 Å². The third-order valence-electron chi connectivity index (χ3n) is 3.41. The van der Waals surface area contributed by atoms with E-state index in [4.69, 9.17) is 0 Å². The molecule has 0 spiro atoms. The third-order valence-corrected chi connectivity index (χ3v) is 3.41. The van der Waals surface area contributed by atoms with E-state index in [2.05, 4.69) is 17.1 Å². The molecule has 18 heavy (non-hydrogen) atoms. The van der Waals surface area contributed by atoms with E-state index in [0.717, 1.165) is 12.2 Å². The lowest BCUT2D eigenvalue weighted by atomic mass is 9.98. The van der Waals surface area contributed by atoms with Gasteiger partial charge in [-0.25, -0.2) is 0 Å². The van der Waals surface area contributed by atoms with Gasteiger partial charge in [-0.15, -0.1) is 0 Å². The summed E-state index contributed by atoms with van der Waals surface area (Å²) in [5.74, 6) is -0.811. The summed E-state index contributed by atoms with van der Waals surface area (Å²) >= 11 is 0. The van der Waals surface area contributed by atoms with Crippen LogP contribution >= 0.6 is 0 Å². The molecular formula is C14H22N2O2. The SMILES string of the molecule is CCN(CCC(C)(NC)C(=O)O)c1ccccc1. The van der Waals surface area contributed by atoms with Crippen LogP contribution in [0.3, 0.4) is 0 Å². The molecule has 100 valence electrons. The van der Waals surface area contributed by atoms with Crippen molar-refractivity contribution in [2.75, 3.05) is 25.0 Å². The van der Waals surface area contributed by atoms with Crippen molar-refractivity contribution in [3.05, 3.63) is 30.3 Å². The zero-order valence-electron chi connectivity index (χ0n) is 11.3. The highest BCUT2D eigenvalue weighted by Crippen LogP contribution is 2.16. The summed E-state index contributed by atoms with van der Waals surface area (Å²) in [6.07, 6.45) is 0.557. The van der Waals surface area contributed by atoms with Crippen LogP contribution in [0.5, 0.6) is 0 Å². The molecule has 1 aromatic carbocycles. The number of likely N-dealkylation sites (N-methyl/N-ethyl adjacent to an activating group) is 1. The monoisotopic (exact) mass is 250 g/mol. The maximum Gasteiger partial charge on any atom is 0.323 e. The molecular weight excluding hydrogens is 228 g/mol. The number of anilines is 1. The van der Waals surface area contributed by atoms with Gasteiger partial charge >= 0.3 is 5.97 Å². The Morgan fingerprint density at radius 2 is 2.00 bits per heavy atom. The van der Waals surface area contributed by atoms with E-state index >= 15 is 0 Å². The van der Waals surface area contributed by atoms with E-state index in [-0.39, 0.29) is 0 Å². The van der Waals surface area contributed by atoms with Crippen molar-refractivity contribution >= 4 is 11.7 Å². The van der Waals surface area contributed by atoms with Crippen molar-refractivity contribution in [3.8, 4) is 0 Å². The molecule has 0 saturated carbocycles. The Kier molecular flexibility index (Phi) is 5.16. The van der Waals surface area contributed by atoms with Gasteiger partial charge in [-0.1, -0.05) is 18.2 Å². The normalized spacial score (nSPS) is 13.9. The number of nitrogens with one attached hydrogen (secondary N) is 1. The molecule has 2 N–H and O–H groups in total. The van der Waals surface area contributed by atoms with Gasteiger partial charge in [0.25, 0.3) is 0 Å². The molecule has 0 aliphatic rings. The van der Waals surface area contributed by atoms with Crippen LogP contribution in [0.25, 0.3) is 0 Å². The number of carboxylic acids is 1. The third kappa shape index (κ3) is 3.47. The predicted molar refractivity (Wildman–Crippen MR) is 74.0 cm³/mol. The molecule has 1 aromatic rings. The van der Waals surface area contributed by atoms with Crippen LogP contribution in [-0.2, 0) is 4.79 Å². The molecule has 0 bridgehead atoms. The number of carbonyl (C=O) groups is 1. The maximum absolute atomic E-state index is 11.2. The maximum atomic E-state index is 11.2. The fraction of sp³-hybridized carbons (Fsp3) is 0.500. The van der Waals surface area contributed by atoms with Crippen LogP contribution in [0.2, 0.25) is 0 Å². The standard InChI is InChI=1S/C14H22N2O2/c1-4-16(12-8-6-5-7-9-12)11-10-14(2,15-3)13(17)18/h5-9,15H,4,10-11H2,1-3H3,(H,17,18). The molecule has 0 heterocycles. The molecule has 0 saturated heterocycles. The van der Waals surface area contributed by atoms with Gasteiger partial charge in [0.2, 0.25) is 0 Å². The zero-order valence-corrected chi connectivity index (χ0v) is 11.3. The molecule has 1 unspecified atom stereocenters. The summed E-state index contributed by atoms with van der Waals surface area (Å²) in [4.78, 5) is 13.4. The Bertz CT molecular complexity index is 381. The molecule has 0 radical (unpaired) electrons. The minimum Gasteiger partial charge on any atom is -0.480 e. The van der Waals surface area contributed by atoms with Gasteiger partial charge in [0, 0.05) is 18.8 Å². The Labute approximate surface area is 109 Å². The van der Waals surface area contributed by atoms with Gasteiger partial charge in [-0.3, -0.25) is 4.79 Å². The highest BCUT2D eigenvalue weighted by atomic mass is 16.4. The van der Waals surface area contributed by atoms with E-state index in [1.807, 2.05) is 30.3 Å². The first-order chi connectivity index (χ1) is 8.53. The van der Waals surface area contributed by atoms with Crippen LogP contribution in [0, 0.1) is 0 Å². The second-order valence-electron chi connectivity index (χ2n) is 4.55. The fourth-order valence-corrected chi connectivity index (χ4v) is 1.81. The molecule has 0 fully saturated rings. The largest absolute Gasteiger partial charge is 0.480 e. The first-order valence-corrected chi connectivity index (χ1v) is 6.26.